The Morgan fingerprint density at radius 2 is 2.00 bits per heavy atom. The number of piperidine rings is 1. The minimum absolute atomic E-state index is 0.439. The molecule has 106 valence electrons. The lowest BCUT2D eigenvalue weighted by Gasteiger charge is -2.36. The molecule has 1 heterocycles. The average Bonchev–Trinajstić information content (AvgIpc) is 2.89. The van der Waals surface area contributed by atoms with Gasteiger partial charge in [0.25, 0.3) is 0 Å². The Morgan fingerprint density at radius 1 is 1.22 bits per heavy atom. The van der Waals surface area contributed by atoms with Crippen molar-refractivity contribution in [3.63, 3.8) is 0 Å². The first-order valence-electron chi connectivity index (χ1n) is 7.75. The van der Waals surface area contributed by atoms with Gasteiger partial charge in [0, 0.05) is 26.7 Å². The molecular weight excluding hydrogens is 224 g/mol. The van der Waals surface area contributed by atoms with Crippen LogP contribution in [0.1, 0.15) is 39.0 Å². The molecule has 1 aliphatic heterocycles. The molecule has 0 aromatic carbocycles. The zero-order chi connectivity index (χ0) is 12.8. The molecule has 0 aromatic heterocycles. The van der Waals surface area contributed by atoms with Crippen molar-refractivity contribution >= 4 is 0 Å². The summed E-state index contributed by atoms with van der Waals surface area (Å²) in [4.78, 5) is 2.55. The van der Waals surface area contributed by atoms with Gasteiger partial charge in [0.15, 0.2) is 0 Å². The van der Waals surface area contributed by atoms with E-state index in [2.05, 4.69) is 17.1 Å². The number of hydrogen-bond acceptors (Lipinski definition) is 3. The fraction of sp³-hybridized carbons (Fsp3) is 1.00. The van der Waals surface area contributed by atoms with E-state index in [0.717, 1.165) is 24.9 Å². The van der Waals surface area contributed by atoms with Crippen LogP contribution in [-0.4, -0.2) is 50.8 Å². The van der Waals surface area contributed by atoms with Gasteiger partial charge in [-0.3, -0.25) is 4.90 Å². The second-order valence-corrected chi connectivity index (χ2v) is 6.20. The fourth-order valence-electron chi connectivity index (χ4n) is 3.37. The number of hydrogen-bond donors (Lipinski definition) is 1. The van der Waals surface area contributed by atoms with Gasteiger partial charge in [-0.25, -0.2) is 0 Å². The van der Waals surface area contributed by atoms with Gasteiger partial charge in [0.2, 0.25) is 0 Å². The molecule has 2 rings (SSSR count). The first-order chi connectivity index (χ1) is 8.79. The Labute approximate surface area is 112 Å². The van der Waals surface area contributed by atoms with E-state index in [1.165, 1.54) is 51.7 Å². The van der Waals surface area contributed by atoms with E-state index in [0.29, 0.717) is 6.10 Å². The van der Waals surface area contributed by atoms with Crippen molar-refractivity contribution in [2.75, 3.05) is 39.8 Å². The number of ether oxygens (including phenoxy) is 1. The smallest absolute Gasteiger partial charge is 0.0724 e. The van der Waals surface area contributed by atoms with Crippen LogP contribution in [0, 0.1) is 11.8 Å². The Balaban J connectivity index is 1.56. The first kappa shape index (κ1) is 14.3. The van der Waals surface area contributed by atoms with Crippen molar-refractivity contribution in [2.45, 2.75) is 45.1 Å². The third-order valence-electron chi connectivity index (χ3n) is 4.79. The number of nitrogens with one attached hydrogen (secondary N) is 1. The summed E-state index contributed by atoms with van der Waals surface area (Å²) in [6.45, 7) is 8.22. The van der Waals surface area contributed by atoms with E-state index in [9.17, 15) is 0 Å². The zero-order valence-corrected chi connectivity index (χ0v) is 12.2. The first-order valence-corrected chi connectivity index (χ1v) is 7.75. The molecular formula is C15H30N2O. The van der Waals surface area contributed by atoms with Gasteiger partial charge in [0.05, 0.1) is 6.10 Å². The largest absolute Gasteiger partial charge is 0.380 e. The van der Waals surface area contributed by atoms with Crippen molar-refractivity contribution in [1.82, 2.24) is 10.2 Å². The van der Waals surface area contributed by atoms with Crippen LogP contribution in [-0.2, 0) is 4.74 Å². The second kappa shape index (κ2) is 7.46. The van der Waals surface area contributed by atoms with Crippen molar-refractivity contribution in [3.8, 4) is 0 Å². The van der Waals surface area contributed by atoms with Crippen molar-refractivity contribution in [2.24, 2.45) is 11.8 Å². The number of nitrogens with zero attached hydrogens (tertiary/aromatic N) is 1. The Kier molecular flexibility index (Phi) is 5.93. The van der Waals surface area contributed by atoms with E-state index in [1.54, 1.807) is 0 Å². The van der Waals surface area contributed by atoms with Gasteiger partial charge in [-0.05, 0) is 44.2 Å². The molecule has 0 bridgehead atoms. The molecule has 1 saturated heterocycles. The van der Waals surface area contributed by atoms with Crippen molar-refractivity contribution in [1.29, 1.82) is 0 Å². The lowest BCUT2D eigenvalue weighted by atomic mass is 9.96. The van der Waals surface area contributed by atoms with E-state index < -0.39 is 0 Å². The average molecular weight is 254 g/mol. The van der Waals surface area contributed by atoms with Crippen LogP contribution in [0.5, 0.6) is 0 Å². The van der Waals surface area contributed by atoms with Gasteiger partial charge in [-0.1, -0.05) is 19.8 Å². The molecule has 0 amide bonds. The standard InChI is InChI=1S/C15H30N2O/c1-13-7-9-17(12-15(13)18-2)10-8-16-11-14-5-3-4-6-14/h13-16H,3-12H2,1-2H3. The Bertz CT molecular complexity index is 229. The summed E-state index contributed by atoms with van der Waals surface area (Å²) >= 11 is 0. The Morgan fingerprint density at radius 3 is 2.72 bits per heavy atom. The Hall–Kier alpha value is -0.120. The molecule has 18 heavy (non-hydrogen) atoms. The summed E-state index contributed by atoms with van der Waals surface area (Å²) in [7, 11) is 1.85. The highest BCUT2D eigenvalue weighted by Gasteiger charge is 2.25. The molecule has 2 atom stereocenters. The third kappa shape index (κ3) is 4.22. The highest BCUT2D eigenvalue weighted by molar-refractivity contribution is 4.79. The SMILES string of the molecule is COC1CN(CCNCC2CCCC2)CCC1C. The third-order valence-corrected chi connectivity index (χ3v) is 4.79. The number of likely N-dealkylation sites (tertiary alicyclic amines) is 1. The van der Waals surface area contributed by atoms with E-state index in [-0.39, 0.29) is 0 Å². The normalized spacial score (nSPS) is 31.0. The molecule has 2 unspecified atom stereocenters. The highest BCUT2D eigenvalue weighted by Crippen LogP contribution is 2.23. The number of rotatable bonds is 6. The lowest BCUT2D eigenvalue weighted by molar-refractivity contribution is -0.00445. The molecule has 1 saturated carbocycles. The van der Waals surface area contributed by atoms with E-state index in [4.69, 9.17) is 4.74 Å². The predicted octanol–water partition coefficient (Wildman–Crippen LogP) is 2.12. The van der Waals surface area contributed by atoms with Crippen LogP contribution in [0.3, 0.4) is 0 Å². The molecule has 3 heteroatoms. The van der Waals surface area contributed by atoms with E-state index in [1.807, 2.05) is 7.11 Å². The summed E-state index contributed by atoms with van der Waals surface area (Å²) in [6.07, 6.45) is 7.51. The van der Waals surface area contributed by atoms with Gasteiger partial charge < -0.3 is 10.1 Å². The molecule has 2 aliphatic rings. The van der Waals surface area contributed by atoms with Crippen LogP contribution in [0.15, 0.2) is 0 Å². The molecule has 2 fully saturated rings. The monoisotopic (exact) mass is 254 g/mol. The summed E-state index contributed by atoms with van der Waals surface area (Å²) in [5.41, 5.74) is 0. The highest BCUT2D eigenvalue weighted by atomic mass is 16.5. The number of methoxy groups -OCH3 is 1. The molecule has 0 radical (unpaired) electrons. The van der Waals surface area contributed by atoms with Gasteiger partial charge >= 0.3 is 0 Å². The summed E-state index contributed by atoms with van der Waals surface area (Å²) < 4.78 is 5.56. The lowest BCUT2D eigenvalue weighted by Crippen LogP contribution is -2.46. The maximum Gasteiger partial charge on any atom is 0.0724 e. The molecule has 1 aliphatic carbocycles. The minimum Gasteiger partial charge on any atom is -0.380 e. The quantitative estimate of drug-likeness (QED) is 0.735. The molecule has 3 nitrogen and oxygen atoms in total. The molecule has 0 aromatic rings. The van der Waals surface area contributed by atoms with Crippen LogP contribution in [0.25, 0.3) is 0 Å². The van der Waals surface area contributed by atoms with Crippen molar-refractivity contribution in [3.05, 3.63) is 0 Å². The fourth-order valence-corrected chi connectivity index (χ4v) is 3.37. The van der Waals surface area contributed by atoms with Crippen molar-refractivity contribution < 1.29 is 4.74 Å². The maximum atomic E-state index is 5.56. The van der Waals surface area contributed by atoms with Gasteiger partial charge in [0.1, 0.15) is 0 Å². The summed E-state index contributed by atoms with van der Waals surface area (Å²) in [5, 5.41) is 3.64. The van der Waals surface area contributed by atoms with Crippen LogP contribution in [0.4, 0.5) is 0 Å². The van der Waals surface area contributed by atoms with Crippen LogP contribution >= 0.6 is 0 Å². The molecule has 1 N–H and O–H groups in total. The van der Waals surface area contributed by atoms with Crippen LogP contribution in [0.2, 0.25) is 0 Å². The predicted molar refractivity (Wildman–Crippen MR) is 75.8 cm³/mol. The zero-order valence-electron chi connectivity index (χ0n) is 12.2. The van der Waals surface area contributed by atoms with Gasteiger partial charge in [-0.2, -0.15) is 0 Å². The second-order valence-electron chi connectivity index (χ2n) is 6.20. The van der Waals surface area contributed by atoms with Gasteiger partial charge in [-0.15, -0.1) is 0 Å². The van der Waals surface area contributed by atoms with E-state index >= 15 is 0 Å². The minimum atomic E-state index is 0.439. The van der Waals surface area contributed by atoms with Crippen LogP contribution < -0.4 is 5.32 Å². The molecule has 0 spiro atoms. The maximum absolute atomic E-state index is 5.56. The topological polar surface area (TPSA) is 24.5 Å². The summed E-state index contributed by atoms with van der Waals surface area (Å²) in [5.74, 6) is 1.68. The summed E-state index contributed by atoms with van der Waals surface area (Å²) in [6, 6.07) is 0.